The Morgan fingerprint density at radius 1 is 0.731 bits per heavy atom. The van der Waals surface area contributed by atoms with E-state index in [1.165, 1.54) is 107 Å². The Morgan fingerprint density at radius 3 is 1.96 bits per heavy atom. The first-order chi connectivity index (χ1) is 12.8. The van der Waals surface area contributed by atoms with Crippen molar-refractivity contribution < 1.29 is 5.11 Å². The molecule has 1 heteroatoms. The minimum absolute atomic E-state index is 0.123. The van der Waals surface area contributed by atoms with Gasteiger partial charge in [0.1, 0.15) is 0 Å². The average molecular weight is 359 g/mol. The molecule has 0 aliphatic heterocycles. The van der Waals surface area contributed by atoms with Crippen molar-refractivity contribution in [3.63, 3.8) is 0 Å². The average Bonchev–Trinajstić information content (AvgIpc) is 2.66. The molecule has 1 N–H and O–H groups in total. The van der Waals surface area contributed by atoms with Crippen molar-refractivity contribution in [2.24, 2.45) is 0 Å². The van der Waals surface area contributed by atoms with Crippen molar-refractivity contribution in [3.05, 3.63) is 41.0 Å². The monoisotopic (exact) mass is 358 g/mol. The van der Waals surface area contributed by atoms with Crippen molar-refractivity contribution >= 4 is 6.08 Å². The maximum atomic E-state index is 9.12. The Hall–Kier alpha value is -1.08. The van der Waals surface area contributed by atoms with Crippen LogP contribution in [0.1, 0.15) is 108 Å². The molecule has 0 aromatic heterocycles. The lowest BCUT2D eigenvalue weighted by molar-refractivity contribution is 0.343. The first-order valence-corrected chi connectivity index (χ1v) is 11.2. The van der Waals surface area contributed by atoms with Crippen molar-refractivity contribution in [2.45, 2.75) is 104 Å². The molecule has 0 fully saturated rings. The van der Waals surface area contributed by atoms with Crippen molar-refractivity contribution in [2.75, 3.05) is 6.61 Å². The maximum Gasteiger partial charge on any atom is 0.0615 e. The van der Waals surface area contributed by atoms with Gasteiger partial charge in [0, 0.05) is 0 Å². The molecule has 0 heterocycles. The SMILES string of the molecule is CCCCCCCCCCCc1c(/C=C/CO)cccc1CCCCC. The predicted molar refractivity (Wildman–Crippen MR) is 117 cm³/mol. The van der Waals surface area contributed by atoms with E-state index in [0.717, 1.165) is 0 Å². The van der Waals surface area contributed by atoms with Gasteiger partial charge in [-0.05, 0) is 42.4 Å². The molecule has 0 atom stereocenters. The highest BCUT2D eigenvalue weighted by atomic mass is 16.2. The summed E-state index contributed by atoms with van der Waals surface area (Å²) in [6, 6.07) is 6.70. The van der Waals surface area contributed by atoms with Crippen LogP contribution in [0.3, 0.4) is 0 Å². The number of aliphatic hydroxyl groups is 1. The number of hydrogen-bond acceptors (Lipinski definition) is 1. The van der Waals surface area contributed by atoms with E-state index < -0.39 is 0 Å². The van der Waals surface area contributed by atoms with Gasteiger partial charge in [-0.2, -0.15) is 0 Å². The highest BCUT2D eigenvalue weighted by molar-refractivity contribution is 5.56. The van der Waals surface area contributed by atoms with E-state index >= 15 is 0 Å². The largest absolute Gasteiger partial charge is 0.392 e. The first-order valence-electron chi connectivity index (χ1n) is 11.2. The van der Waals surface area contributed by atoms with E-state index in [9.17, 15) is 0 Å². The normalized spacial score (nSPS) is 11.5. The molecule has 1 aromatic rings. The van der Waals surface area contributed by atoms with Crippen LogP contribution in [0.25, 0.3) is 6.08 Å². The molecule has 0 saturated carbocycles. The number of aryl methyl sites for hydroxylation is 1. The Labute approximate surface area is 162 Å². The topological polar surface area (TPSA) is 20.2 Å². The third-order valence-corrected chi connectivity index (χ3v) is 5.29. The highest BCUT2D eigenvalue weighted by Crippen LogP contribution is 2.22. The standard InChI is InChI=1S/C25H42O/c1-3-5-7-8-9-10-11-12-14-21-25-23(17-13-6-4-2)18-15-19-24(25)20-16-22-26/h15-16,18-20,26H,3-14,17,21-22H2,1-2H3/b20-16+. The molecular formula is C25H42O. The smallest absolute Gasteiger partial charge is 0.0615 e. The van der Waals surface area contributed by atoms with Crippen LogP contribution in [-0.2, 0) is 12.8 Å². The quantitative estimate of drug-likeness (QED) is 0.303. The number of benzene rings is 1. The number of hydrogen-bond donors (Lipinski definition) is 1. The summed E-state index contributed by atoms with van der Waals surface area (Å²) in [4.78, 5) is 0. The number of rotatable bonds is 16. The fraction of sp³-hybridized carbons (Fsp3) is 0.680. The van der Waals surface area contributed by atoms with Crippen LogP contribution in [0.15, 0.2) is 24.3 Å². The predicted octanol–water partition coefficient (Wildman–Crippen LogP) is 7.50. The maximum absolute atomic E-state index is 9.12. The Kier molecular flexibility index (Phi) is 14.2. The van der Waals surface area contributed by atoms with Gasteiger partial charge in [0.05, 0.1) is 6.61 Å². The molecule has 1 aromatic carbocycles. The fourth-order valence-electron chi connectivity index (χ4n) is 3.71. The second-order valence-electron chi connectivity index (χ2n) is 7.61. The molecule has 0 radical (unpaired) electrons. The van der Waals surface area contributed by atoms with Gasteiger partial charge in [0.15, 0.2) is 0 Å². The second-order valence-corrected chi connectivity index (χ2v) is 7.61. The fourth-order valence-corrected chi connectivity index (χ4v) is 3.71. The third kappa shape index (κ3) is 10.2. The van der Waals surface area contributed by atoms with Gasteiger partial charge in [-0.3, -0.25) is 0 Å². The van der Waals surface area contributed by atoms with E-state index in [1.54, 1.807) is 0 Å². The summed E-state index contributed by atoms with van der Waals surface area (Å²) in [5.41, 5.74) is 4.36. The van der Waals surface area contributed by atoms with Crippen LogP contribution in [0.4, 0.5) is 0 Å². The van der Waals surface area contributed by atoms with E-state index in [1.807, 2.05) is 6.08 Å². The van der Waals surface area contributed by atoms with Crippen molar-refractivity contribution in [1.29, 1.82) is 0 Å². The van der Waals surface area contributed by atoms with E-state index in [0.29, 0.717) is 0 Å². The zero-order valence-corrected chi connectivity index (χ0v) is 17.4. The lowest BCUT2D eigenvalue weighted by atomic mass is 9.92. The number of unbranched alkanes of at least 4 members (excludes halogenated alkanes) is 10. The summed E-state index contributed by atoms with van der Waals surface area (Å²) in [6.45, 7) is 4.67. The van der Waals surface area contributed by atoms with Gasteiger partial charge in [-0.25, -0.2) is 0 Å². The minimum atomic E-state index is 0.123. The zero-order chi connectivity index (χ0) is 18.9. The van der Waals surface area contributed by atoms with Crippen molar-refractivity contribution in [1.82, 2.24) is 0 Å². The minimum Gasteiger partial charge on any atom is -0.392 e. The molecule has 148 valence electrons. The third-order valence-electron chi connectivity index (χ3n) is 5.29. The van der Waals surface area contributed by atoms with E-state index in [4.69, 9.17) is 5.11 Å². The van der Waals surface area contributed by atoms with Gasteiger partial charge in [-0.1, -0.05) is 108 Å². The van der Waals surface area contributed by atoms with Crippen LogP contribution in [0, 0.1) is 0 Å². The summed E-state index contributed by atoms with van der Waals surface area (Å²) in [5, 5.41) is 9.12. The van der Waals surface area contributed by atoms with E-state index in [-0.39, 0.29) is 6.61 Å². The summed E-state index contributed by atoms with van der Waals surface area (Å²) in [7, 11) is 0. The molecule has 0 unspecified atom stereocenters. The van der Waals surface area contributed by atoms with Gasteiger partial charge in [0.2, 0.25) is 0 Å². The summed E-state index contributed by atoms with van der Waals surface area (Å²) in [5.74, 6) is 0. The second kappa shape index (κ2) is 16.1. The van der Waals surface area contributed by atoms with Crippen LogP contribution < -0.4 is 0 Å². The lowest BCUT2D eigenvalue weighted by Crippen LogP contribution is -1.99. The molecule has 0 amide bonds. The summed E-state index contributed by atoms with van der Waals surface area (Å²) >= 11 is 0. The summed E-state index contributed by atoms with van der Waals surface area (Å²) < 4.78 is 0. The molecule has 1 rings (SSSR count). The van der Waals surface area contributed by atoms with Gasteiger partial charge in [-0.15, -0.1) is 0 Å². The molecule has 1 nitrogen and oxygen atoms in total. The molecular weight excluding hydrogens is 316 g/mol. The molecule has 0 aliphatic rings. The molecule has 0 aliphatic carbocycles. The molecule has 0 bridgehead atoms. The van der Waals surface area contributed by atoms with Gasteiger partial charge in [0.25, 0.3) is 0 Å². The van der Waals surface area contributed by atoms with Crippen LogP contribution in [-0.4, -0.2) is 11.7 Å². The highest BCUT2D eigenvalue weighted by Gasteiger charge is 2.07. The molecule has 0 spiro atoms. The van der Waals surface area contributed by atoms with Crippen LogP contribution in [0.2, 0.25) is 0 Å². The van der Waals surface area contributed by atoms with Gasteiger partial charge >= 0.3 is 0 Å². The van der Waals surface area contributed by atoms with Crippen molar-refractivity contribution in [3.8, 4) is 0 Å². The first kappa shape index (κ1) is 23.0. The van der Waals surface area contributed by atoms with Crippen LogP contribution >= 0.6 is 0 Å². The molecule has 0 saturated heterocycles. The summed E-state index contributed by atoms with van der Waals surface area (Å²) in [6.07, 6.45) is 22.6. The van der Waals surface area contributed by atoms with Crippen LogP contribution in [0.5, 0.6) is 0 Å². The van der Waals surface area contributed by atoms with E-state index in [2.05, 4.69) is 38.1 Å². The Balaban J connectivity index is 2.46. The van der Waals surface area contributed by atoms with Gasteiger partial charge < -0.3 is 5.11 Å². The molecule has 26 heavy (non-hydrogen) atoms. The zero-order valence-electron chi connectivity index (χ0n) is 17.4. The lowest BCUT2D eigenvalue weighted by Gasteiger charge is -2.13. The number of aliphatic hydroxyl groups excluding tert-OH is 1. The Bertz CT molecular complexity index is 475. The Morgan fingerprint density at radius 2 is 1.31 bits per heavy atom.